The third-order valence-corrected chi connectivity index (χ3v) is 2.09. The van der Waals surface area contributed by atoms with Crippen molar-refractivity contribution in [2.24, 2.45) is 0 Å². The lowest BCUT2D eigenvalue weighted by Crippen LogP contribution is -2.09. The topological polar surface area (TPSA) is 29.5 Å². The summed E-state index contributed by atoms with van der Waals surface area (Å²) in [6.07, 6.45) is 0.587. The van der Waals surface area contributed by atoms with Crippen LogP contribution in [-0.4, -0.2) is 18.3 Å². The Kier molecular flexibility index (Phi) is 4.09. The third-order valence-electron chi connectivity index (χ3n) is 2.09. The van der Waals surface area contributed by atoms with Crippen LogP contribution in [0, 0.1) is 0 Å². The van der Waals surface area contributed by atoms with Gasteiger partial charge in [0, 0.05) is 13.0 Å². The van der Waals surface area contributed by atoms with Crippen LogP contribution in [0.15, 0.2) is 24.3 Å². The average Bonchev–Trinajstić information content (AvgIpc) is 2.17. The normalized spacial score (nSPS) is 11.5. The lowest BCUT2D eigenvalue weighted by atomic mass is 10.0. The first-order chi connectivity index (χ1) is 7.04. The molecule has 15 heavy (non-hydrogen) atoms. The molecule has 0 spiro atoms. The van der Waals surface area contributed by atoms with Gasteiger partial charge in [0.15, 0.2) is 0 Å². The summed E-state index contributed by atoms with van der Waals surface area (Å²) in [6.45, 7) is 3.58. The van der Waals surface area contributed by atoms with Gasteiger partial charge in [-0.3, -0.25) is 0 Å². The minimum Gasteiger partial charge on any atom is -0.493 e. The second kappa shape index (κ2) is 5.12. The van der Waals surface area contributed by atoms with E-state index >= 15 is 0 Å². The second-order valence-corrected chi connectivity index (χ2v) is 3.93. The van der Waals surface area contributed by atoms with Crippen LogP contribution >= 0.6 is 0 Å². The van der Waals surface area contributed by atoms with Crippen LogP contribution in [0.5, 0.6) is 5.75 Å². The van der Waals surface area contributed by atoms with Gasteiger partial charge in [-0.05, 0) is 31.5 Å². The Morgan fingerprint density at radius 2 is 2.13 bits per heavy atom. The molecule has 84 valence electrons. The standard InChI is InChI=1S/C12H17FO2/c1-12(2,13)10-5-3-6-11(9-10)15-8-4-7-14/h3,5-6,9,14H,4,7-8H2,1-2H3. The second-order valence-electron chi connectivity index (χ2n) is 3.93. The van der Waals surface area contributed by atoms with E-state index in [9.17, 15) is 4.39 Å². The van der Waals surface area contributed by atoms with E-state index in [1.807, 2.05) is 0 Å². The van der Waals surface area contributed by atoms with Crippen molar-refractivity contribution in [1.29, 1.82) is 0 Å². The summed E-state index contributed by atoms with van der Waals surface area (Å²) in [7, 11) is 0. The molecule has 0 aliphatic heterocycles. The first-order valence-corrected chi connectivity index (χ1v) is 5.07. The third kappa shape index (κ3) is 3.88. The van der Waals surface area contributed by atoms with Crippen LogP contribution in [0.3, 0.4) is 0 Å². The molecule has 2 nitrogen and oxygen atoms in total. The van der Waals surface area contributed by atoms with E-state index in [0.717, 1.165) is 0 Å². The summed E-state index contributed by atoms with van der Waals surface area (Å²) in [6, 6.07) is 6.98. The predicted molar refractivity (Wildman–Crippen MR) is 57.8 cm³/mol. The summed E-state index contributed by atoms with van der Waals surface area (Å²) in [5, 5.41) is 8.59. The molecule has 0 amide bonds. The summed E-state index contributed by atoms with van der Waals surface area (Å²) >= 11 is 0. The zero-order chi connectivity index (χ0) is 11.3. The van der Waals surface area contributed by atoms with Gasteiger partial charge < -0.3 is 9.84 Å². The Balaban J connectivity index is 2.66. The highest BCUT2D eigenvalue weighted by molar-refractivity contribution is 5.31. The van der Waals surface area contributed by atoms with E-state index in [-0.39, 0.29) is 6.61 Å². The maximum absolute atomic E-state index is 13.6. The molecule has 1 aromatic rings. The van der Waals surface area contributed by atoms with Crippen LogP contribution in [0.4, 0.5) is 4.39 Å². The Morgan fingerprint density at radius 1 is 1.40 bits per heavy atom. The Labute approximate surface area is 89.7 Å². The SMILES string of the molecule is CC(C)(F)c1cccc(OCCCO)c1. The monoisotopic (exact) mass is 212 g/mol. The number of alkyl halides is 1. The Morgan fingerprint density at radius 3 is 2.73 bits per heavy atom. The predicted octanol–water partition coefficient (Wildman–Crippen LogP) is 2.65. The number of hydrogen-bond acceptors (Lipinski definition) is 2. The van der Waals surface area contributed by atoms with E-state index in [2.05, 4.69) is 0 Å². The minimum atomic E-state index is -1.35. The fourth-order valence-electron chi connectivity index (χ4n) is 1.21. The number of benzene rings is 1. The van der Waals surface area contributed by atoms with Gasteiger partial charge in [-0.25, -0.2) is 4.39 Å². The van der Waals surface area contributed by atoms with E-state index < -0.39 is 5.67 Å². The smallest absolute Gasteiger partial charge is 0.130 e. The molecule has 0 radical (unpaired) electrons. The number of halogens is 1. The van der Waals surface area contributed by atoms with Gasteiger partial charge in [-0.2, -0.15) is 0 Å². The number of aliphatic hydroxyl groups is 1. The molecule has 0 unspecified atom stereocenters. The van der Waals surface area contributed by atoms with Crippen LogP contribution in [0.25, 0.3) is 0 Å². The quantitative estimate of drug-likeness (QED) is 0.760. The van der Waals surface area contributed by atoms with Crippen LogP contribution < -0.4 is 4.74 Å². The maximum Gasteiger partial charge on any atom is 0.130 e. The Hall–Kier alpha value is -1.09. The lowest BCUT2D eigenvalue weighted by Gasteiger charge is -2.15. The van der Waals surface area contributed by atoms with E-state index in [4.69, 9.17) is 9.84 Å². The first-order valence-electron chi connectivity index (χ1n) is 5.07. The van der Waals surface area contributed by atoms with Crippen molar-refractivity contribution in [2.75, 3.05) is 13.2 Å². The molecular formula is C12H17FO2. The van der Waals surface area contributed by atoms with Crippen molar-refractivity contribution in [2.45, 2.75) is 25.9 Å². The number of hydrogen-bond donors (Lipinski definition) is 1. The first kappa shape index (κ1) is 12.0. The van der Waals surface area contributed by atoms with Crippen LogP contribution in [0.1, 0.15) is 25.8 Å². The Bertz CT molecular complexity index is 305. The summed E-state index contributed by atoms with van der Waals surface area (Å²) in [5.74, 6) is 0.645. The van der Waals surface area contributed by atoms with E-state index in [1.54, 1.807) is 24.3 Å². The minimum absolute atomic E-state index is 0.105. The average molecular weight is 212 g/mol. The molecule has 0 saturated carbocycles. The van der Waals surface area contributed by atoms with Gasteiger partial charge in [0.05, 0.1) is 6.61 Å². The van der Waals surface area contributed by atoms with Gasteiger partial charge in [0.1, 0.15) is 11.4 Å². The molecule has 1 rings (SSSR count). The van der Waals surface area contributed by atoms with Crippen molar-refractivity contribution >= 4 is 0 Å². The van der Waals surface area contributed by atoms with E-state index in [0.29, 0.717) is 24.3 Å². The van der Waals surface area contributed by atoms with Crippen molar-refractivity contribution in [1.82, 2.24) is 0 Å². The molecular weight excluding hydrogens is 195 g/mol. The summed E-state index contributed by atoms with van der Waals surface area (Å²) < 4.78 is 18.9. The molecule has 1 aromatic carbocycles. The molecule has 0 aromatic heterocycles. The van der Waals surface area contributed by atoms with Crippen molar-refractivity contribution in [3.05, 3.63) is 29.8 Å². The lowest BCUT2D eigenvalue weighted by molar-refractivity contribution is 0.217. The fourth-order valence-corrected chi connectivity index (χ4v) is 1.21. The molecule has 0 heterocycles. The zero-order valence-corrected chi connectivity index (χ0v) is 9.16. The van der Waals surface area contributed by atoms with Gasteiger partial charge in [0.25, 0.3) is 0 Å². The zero-order valence-electron chi connectivity index (χ0n) is 9.16. The molecule has 0 atom stereocenters. The highest BCUT2D eigenvalue weighted by Crippen LogP contribution is 2.27. The van der Waals surface area contributed by atoms with Crippen molar-refractivity contribution < 1.29 is 14.2 Å². The maximum atomic E-state index is 13.6. The van der Waals surface area contributed by atoms with Crippen molar-refractivity contribution in [3.8, 4) is 5.75 Å². The molecule has 0 aliphatic carbocycles. The fraction of sp³-hybridized carbons (Fsp3) is 0.500. The molecule has 1 N–H and O–H groups in total. The molecule has 3 heteroatoms. The molecule has 0 bridgehead atoms. The molecule has 0 saturated heterocycles. The highest BCUT2D eigenvalue weighted by atomic mass is 19.1. The molecule has 0 aliphatic rings. The molecule has 0 fully saturated rings. The highest BCUT2D eigenvalue weighted by Gasteiger charge is 2.18. The van der Waals surface area contributed by atoms with Gasteiger partial charge in [-0.1, -0.05) is 12.1 Å². The number of aliphatic hydroxyl groups excluding tert-OH is 1. The number of ether oxygens (including phenoxy) is 1. The van der Waals surface area contributed by atoms with Gasteiger partial charge in [0.2, 0.25) is 0 Å². The van der Waals surface area contributed by atoms with Gasteiger partial charge >= 0.3 is 0 Å². The summed E-state index contributed by atoms with van der Waals surface area (Å²) in [5.41, 5.74) is -0.750. The summed E-state index contributed by atoms with van der Waals surface area (Å²) in [4.78, 5) is 0. The largest absolute Gasteiger partial charge is 0.493 e. The van der Waals surface area contributed by atoms with Crippen LogP contribution in [-0.2, 0) is 5.67 Å². The van der Waals surface area contributed by atoms with E-state index in [1.165, 1.54) is 13.8 Å². The van der Waals surface area contributed by atoms with Gasteiger partial charge in [-0.15, -0.1) is 0 Å². The van der Waals surface area contributed by atoms with Crippen molar-refractivity contribution in [3.63, 3.8) is 0 Å². The number of rotatable bonds is 5. The van der Waals surface area contributed by atoms with Crippen LogP contribution in [0.2, 0.25) is 0 Å².